The fraction of sp³-hybridized carbons (Fsp3) is 1.00. The Hall–Kier alpha value is -0.150. The predicted molar refractivity (Wildman–Crippen MR) is 32.7 cm³/mol. The van der Waals surface area contributed by atoms with E-state index in [0.29, 0.717) is 12.8 Å². The van der Waals surface area contributed by atoms with E-state index in [2.05, 4.69) is 0 Å². The van der Waals surface area contributed by atoms with Gasteiger partial charge in [-0.1, -0.05) is 0 Å². The van der Waals surface area contributed by atoms with Gasteiger partial charge in [-0.15, -0.1) is 0 Å². The molecule has 1 aliphatic carbocycles. The lowest BCUT2D eigenvalue weighted by Crippen LogP contribution is -2.46. The standard InChI is InChI=1S/C6H12FNO/c7-6(4-8)1-5(2-6)3-9/h5,9H,1-4,8H2. The lowest BCUT2D eigenvalue weighted by atomic mass is 9.73. The Morgan fingerprint density at radius 3 is 2.56 bits per heavy atom. The number of aliphatic hydroxyl groups excluding tert-OH is 1. The second-order valence-corrected chi connectivity index (χ2v) is 2.81. The molecule has 0 spiro atoms. The zero-order chi connectivity index (χ0) is 6.91. The topological polar surface area (TPSA) is 46.2 Å². The van der Waals surface area contributed by atoms with Gasteiger partial charge in [-0.05, 0) is 18.8 Å². The summed E-state index contributed by atoms with van der Waals surface area (Å²) in [4.78, 5) is 0. The molecule has 0 amide bonds. The first kappa shape index (κ1) is 6.96. The summed E-state index contributed by atoms with van der Waals surface area (Å²) in [5.74, 6) is 0.165. The van der Waals surface area contributed by atoms with Crippen molar-refractivity contribution in [1.82, 2.24) is 0 Å². The highest BCUT2D eigenvalue weighted by molar-refractivity contribution is 4.94. The minimum atomic E-state index is -1.15. The normalized spacial score (nSPS) is 42.3. The summed E-state index contributed by atoms with van der Waals surface area (Å²) >= 11 is 0. The molecule has 0 aromatic carbocycles. The molecule has 0 unspecified atom stereocenters. The molecule has 1 saturated carbocycles. The minimum absolute atomic E-state index is 0.101. The Morgan fingerprint density at radius 1 is 1.67 bits per heavy atom. The van der Waals surface area contributed by atoms with Crippen molar-refractivity contribution >= 4 is 0 Å². The van der Waals surface area contributed by atoms with Gasteiger partial charge in [-0.3, -0.25) is 0 Å². The molecule has 0 aromatic rings. The highest BCUT2D eigenvalue weighted by Crippen LogP contribution is 2.39. The van der Waals surface area contributed by atoms with Gasteiger partial charge in [0.1, 0.15) is 5.67 Å². The summed E-state index contributed by atoms with van der Waals surface area (Å²) in [7, 11) is 0. The first-order valence-corrected chi connectivity index (χ1v) is 3.20. The van der Waals surface area contributed by atoms with E-state index in [0.717, 1.165) is 0 Å². The maximum atomic E-state index is 12.8. The third kappa shape index (κ3) is 1.22. The fourth-order valence-corrected chi connectivity index (χ4v) is 1.27. The van der Waals surface area contributed by atoms with E-state index in [1.54, 1.807) is 0 Å². The van der Waals surface area contributed by atoms with Gasteiger partial charge in [-0.2, -0.15) is 0 Å². The summed E-state index contributed by atoms with van der Waals surface area (Å²) in [5.41, 5.74) is 3.98. The van der Waals surface area contributed by atoms with Gasteiger partial charge in [0.25, 0.3) is 0 Å². The molecule has 0 saturated heterocycles. The highest BCUT2D eigenvalue weighted by atomic mass is 19.1. The van der Waals surface area contributed by atoms with Crippen LogP contribution in [0.1, 0.15) is 12.8 Å². The molecule has 54 valence electrons. The number of alkyl halides is 1. The van der Waals surface area contributed by atoms with Crippen LogP contribution in [-0.2, 0) is 0 Å². The first-order valence-electron chi connectivity index (χ1n) is 3.20. The molecule has 0 aliphatic heterocycles. The maximum absolute atomic E-state index is 12.8. The van der Waals surface area contributed by atoms with Crippen LogP contribution >= 0.6 is 0 Å². The third-order valence-corrected chi connectivity index (χ3v) is 1.93. The van der Waals surface area contributed by atoms with Crippen LogP contribution in [0.3, 0.4) is 0 Å². The van der Waals surface area contributed by atoms with Crippen molar-refractivity contribution in [1.29, 1.82) is 0 Å². The van der Waals surface area contributed by atoms with E-state index in [4.69, 9.17) is 10.8 Å². The predicted octanol–water partition coefficient (Wildman–Crippen LogP) is 0.0557. The van der Waals surface area contributed by atoms with E-state index in [1.165, 1.54) is 0 Å². The quantitative estimate of drug-likeness (QED) is 0.559. The lowest BCUT2D eigenvalue weighted by Gasteiger charge is -2.39. The second kappa shape index (κ2) is 2.23. The summed E-state index contributed by atoms with van der Waals surface area (Å²) in [6, 6.07) is 0. The maximum Gasteiger partial charge on any atom is 0.123 e. The summed E-state index contributed by atoms with van der Waals surface area (Å²) < 4.78 is 12.8. The van der Waals surface area contributed by atoms with E-state index >= 15 is 0 Å². The molecule has 0 atom stereocenters. The molecule has 3 N–H and O–H groups in total. The molecule has 2 nitrogen and oxygen atoms in total. The van der Waals surface area contributed by atoms with Crippen molar-refractivity contribution in [2.24, 2.45) is 11.7 Å². The number of hydrogen-bond acceptors (Lipinski definition) is 2. The summed E-state index contributed by atoms with van der Waals surface area (Å²) in [6.45, 7) is 0.204. The van der Waals surface area contributed by atoms with E-state index < -0.39 is 5.67 Å². The van der Waals surface area contributed by atoms with Crippen LogP contribution < -0.4 is 5.73 Å². The van der Waals surface area contributed by atoms with Gasteiger partial charge < -0.3 is 10.8 Å². The molecule has 0 heterocycles. The lowest BCUT2D eigenvalue weighted by molar-refractivity contribution is -0.0107. The van der Waals surface area contributed by atoms with Crippen molar-refractivity contribution in [3.63, 3.8) is 0 Å². The molecule has 3 heteroatoms. The monoisotopic (exact) mass is 133 g/mol. The van der Waals surface area contributed by atoms with E-state index in [1.807, 2.05) is 0 Å². The first-order chi connectivity index (χ1) is 4.20. The minimum Gasteiger partial charge on any atom is -0.396 e. The Kier molecular flexibility index (Phi) is 1.73. The van der Waals surface area contributed by atoms with Gasteiger partial charge in [0, 0.05) is 13.2 Å². The Balaban J connectivity index is 2.24. The van der Waals surface area contributed by atoms with Crippen LogP contribution in [0.2, 0.25) is 0 Å². The zero-order valence-electron chi connectivity index (χ0n) is 5.31. The average Bonchev–Trinajstić information content (AvgIpc) is 1.81. The number of rotatable bonds is 2. The van der Waals surface area contributed by atoms with Crippen molar-refractivity contribution in [2.45, 2.75) is 18.5 Å². The highest BCUT2D eigenvalue weighted by Gasteiger charge is 2.42. The van der Waals surface area contributed by atoms with E-state index in [-0.39, 0.29) is 19.1 Å². The van der Waals surface area contributed by atoms with Gasteiger partial charge >= 0.3 is 0 Å². The van der Waals surface area contributed by atoms with Gasteiger partial charge in [0.05, 0.1) is 0 Å². The Morgan fingerprint density at radius 2 is 2.22 bits per heavy atom. The largest absolute Gasteiger partial charge is 0.396 e. The van der Waals surface area contributed by atoms with Crippen molar-refractivity contribution < 1.29 is 9.50 Å². The van der Waals surface area contributed by atoms with Crippen LogP contribution in [0, 0.1) is 5.92 Å². The van der Waals surface area contributed by atoms with Crippen LogP contribution in [0.5, 0.6) is 0 Å². The Bertz CT molecular complexity index is 101. The van der Waals surface area contributed by atoms with Gasteiger partial charge in [0.15, 0.2) is 0 Å². The summed E-state index contributed by atoms with van der Waals surface area (Å²) in [5, 5.41) is 8.51. The molecule has 9 heavy (non-hydrogen) atoms. The molecule has 1 fully saturated rings. The van der Waals surface area contributed by atoms with Crippen molar-refractivity contribution in [3.05, 3.63) is 0 Å². The number of hydrogen-bond donors (Lipinski definition) is 2. The second-order valence-electron chi connectivity index (χ2n) is 2.81. The molecular weight excluding hydrogens is 121 g/mol. The van der Waals surface area contributed by atoms with Crippen LogP contribution in [0.4, 0.5) is 4.39 Å². The third-order valence-electron chi connectivity index (χ3n) is 1.93. The smallest absolute Gasteiger partial charge is 0.123 e. The molecule has 0 bridgehead atoms. The average molecular weight is 133 g/mol. The Labute approximate surface area is 53.9 Å². The van der Waals surface area contributed by atoms with Crippen molar-refractivity contribution in [3.8, 4) is 0 Å². The van der Waals surface area contributed by atoms with Gasteiger partial charge in [-0.25, -0.2) is 4.39 Å². The van der Waals surface area contributed by atoms with Gasteiger partial charge in [0.2, 0.25) is 0 Å². The van der Waals surface area contributed by atoms with E-state index in [9.17, 15) is 4.39 Å². The SMILES string of the molecule is NCC1(F)CC(CO)C1. The molecule has 0 radical (unpaired) electrons. The van der Waals surface area contributed by atoms with Crippen LogP contribution in [0.25, 0.3) is 0 Å². The number of aliphatic hydroxyl groups is 1. The van der Waals surface area contributed by atoms with Crippen LogP contribution in [0.15, 0.2) is 0 Å². The van der Waals surface area contributed by atoms with Crippen molar-refractivity contribution in [2.75, 3.05) is 13.2 Å². The number of halogens is 1. The molecule has 1 aliphatic rings. The van der Waals surface area contributed by atoms with Crippen LogP contribution in [-0.4, -0.2) is 23.9 Å². The summed E-state index contributed by atoms with van der Waals surface area (Å²) in [6.07, 6.45) is 0.889. The molecule has 0 aromatic heterocycles. The zero-order valence-corrected chi connectivity index (χ0v) is 5.31. The number of nitrogens with two attached hydrogens (primary N) is 1. The fourth-order valence-electron chi connectivity index (χ4n) is 1.27. The molecule has 1 rings (SSSR count). The molecular formula is C6H12FNO.